The van der Waals surface area contributed by atoms with Crippen molar-refractivity contribution in [1.82, 2.24) is 4.98 Å². The van der Waals surface area contributed by atoms with Crippen molar-refractivity contribution in [1.29, 1.82) is 0 Å². The SMILES string of the molecule is Cc1cc(CCCCN)c2cc(OCc3ccccc3)ccc2n1. The summed E-state index contributed by atoms with van der Waals surface area (Å²) in [6.07, 6.45) is 3.18. The Labute approximate surface area is 143 Å². The molecule has 3 nitrogen and oxygen atoms in total. The molecule has 0 radical (unpaired) electrons. The fourth-order valence-corrected chi connectivity index (χ4v) is 2.92. The van der Waals surface area contributed by atoms with E-state index in [1.165, 1.54) is 16.5 Å². The van der Waals surface area contributed by atoms with Gasteiger partial charge in [-0.1, -0.05) is 30.3 Å². The lowest BCUT2D eigenvalue weighted by Gasteiger charge is -2.11. The van der Waals surface area contributed by atoms with Crippen molar-refractivity contribution in [2.24, 2.45) is 5.73 Å². The van der Waals surface area contributed by atoms with Crippen LogP contribution in [0.15, 0.2) is 54.6 Å². The smallest absolute Gasteiger partial charge is 0.120 e. The number of fused-ring (bicyclic) bond motifs is 1. The fraction of sp³-hybridized carbons (Fsp3) is 0.286. The lowest BCUT2D eigenvalue weighted by molar-refractivity contribution is 0.306. The first-order valence-corrected chi connectivity index (χ1v) is 8.53. The summed E-state index contributed by atoms with van der Waals surface area (Å²) in [5.41, 5.74) is 10.2. The van der Waals surface area contributed by atoms with Gasteiger partial charge in [0.1, 0.15) is 12.4 Å². The largest absolute Gasteiger partial charge is 0.489 e. The molecule has 1 heterocycles. The maximum absolute atomic E-state index is 5.96. The highest BCUT2D eigenvalue weighted by Gasteiger charge is 2.06. The highest BCUT2D eigenvalue weighted by atomic mass is 16.5. The van der Waals surface area contributed by atoms with E-state index in [9.17, 15) is 0 Å². The zero-order chi connectivity index (χ0) is 16.8. The maximum atomic E-state index is 5.96. The van der Waals surface area contributed by atoms with Crippen molar-refractivity contribution in [3.05, 3.63) is 71.4 Å². The average molecular weight is 320 g/mol. The van der Waals surface area contributed by atoms with Gasteiger partial charge in [0.25, 0.3) is 0 Å². The van der Waals surface area contributed by atoms with Gasteiger partial charge >= 0.3 is 0 Å². The molecular formula is C21H24N2O. The number of aryl methyl sites for hydroxylation is 2. The molecular weight excluding hydrogens is 296 g/mol. The third kappa shape index (κ3) is 4.12. The van der Waals surface area contributed by atoms with E-state index in [0.717, 1.165) is 42.8 Å². The summed E-state index contributed by atoms with van der Waals surface area (Å²) in [5.74, 6) is 0.886. The van der Waals surface area contributed by atoms with Gasteiger partial charge in [0.2, 0.25) is 0 Å². The summed E-state index contributed by atoms with van der Waals surface area (Å²) < 4.78 is 5.96. The highest BCUT2D eigenvalue weighted by molar-refractivity contribution is 5.84. The van der Waals surface area contributed by atoms with Crippen LogP contribution in [-0.4, -0.2) is 11.5 Å². The molecule has 1 aromatic heterocycles. The molecule has 0 aliphatic rings. The molecule has 0 atom stereocenters. The molecule has 24 heavy (non-hydrogen) atoms. The van der Waals surface area contributed by atoms with E-state index in [0.29, 0.717) is 6.61 Å². The fourth-order valence-electron chi connectivity index (χ4n) is 2.92. The van der Waals surface area contributed by atoms with E-state index in [4.69, 9.17) is 10.5 Å². The minimum atomic E-state index is 0.578. The van der Waals surface area contributed by atoms with Crippen LogP contribution in [0.1, 0.15) is 29.7 Å². The van der Waals surface area contributed by atoms with Crippen molar-refractivity contribution >= 4 is 10.9 Å². The standard InChI is InChI=1S/C21H24N2O/c1-16-13-18(9-5-6-12-22)20-14-19(10-11-21(20)23-16)24-15-17-7-3-2-4-8-17/h2-4,7-8,10-11,13-14H,5-6,9,12,15,22H2,1H3. The van der Waals surface area contributed by atoms with Crippen LogP contribution in [0.5, 0.6) is 5.75 Å². The van der Waals surface area contributed by atoms with Crippen LogP contribution >= 0.6 is 0 Å². The monoisotopic (exact) mass is 320 g/mol. The lowest BCUT2D eigenvalue weighted by Crippen LogP contribution is -2.00. The molecule has 3 rings (SSSR count). The van der Waals surface area contributed by atoms with Gasteiger partial charge in [-0.25, -0.2) is 0 Å². The van der Waals surface area contributed by atoms with Crippen LogP contribution in [0.2, 0.25) is 0 Å². The number of unbranched alkanes of at least 4 members (excludes halogenated alkanes) is 1. The molecule has 0 spiro atoms. The zero-order valence-electron chi connectivity index (χ0n) is 14.2. The summed E-state index contributed by atoms with van der Waals surface area (Å²) >= 11 is 0. The Kier molecular flexibility index (Phi) is 5.44. The Morgan fingerprint density at radius 2 is 1.83 bits per heavy atom. The van der Waals surface area contributed by atoms with Crippen LogP contribution in [0.25, 0.3) is 10.9 Å². The van der Waals surface area contributed by atoms with Crippen LogP contribution < -0.4 is 10.5 Å². The summed E-state index contributed by atoms with van der Waals surface area (Å²) in [7, 11) is 0. The zero-order valence-corrected chi connectivity index (χ0v) is 14.2. The van der Waals surface area contributed by atoms with Gasteiger partial charge in [-0.3, -0.25) is 4.98 Å². The number of pyridine rings is 1. The molecule has 3 aromatic rings. The molecule has 0 saturated carbocycles. The number of benzene rings is 2. The van der Waals surface area contributed by atoms with Crippen LogP contribution in [-0.2, 0) is 13.0 Å². The van der Waals surface area contributed by atoms with Crippen LogP contribution in [0.3, 0.4) is 0 Å². The van der Waals surface area contributed by atoms with E-state index in [2.05, 4.69) is 35.3 Å². The van der Waals surface area contributed by atoms with Crippen molar-refractivity contribution < 1.29 is 4.74 Å². The molecule has 0 amide bonds. The first-order valence-electron chi connectivity index (χ1n) is 8.53. The second kappa shape index (κ2) is 7.93. The maximum Gasteiger partial charge on any atom is 0.120 e. The molecule has 2 aromatic carbocycles. The summed E-state index contributed by atoms with van der Waals surface area (Å²) in [4.78, 5) is 4.64. The van der Waals surface area contributed by atoms with E-state index in [1.54, 1.807) is 0 Å². The Bertz CT molecular complexity index is 800. The van der Waals surface area contributed by atoms with Gasteiger partial charge in [-0.05, 0) is 68.1 Å². The Hall–Kier alpha value is -2.39. The quantitative estimate of drug-likeness (QED) is 0.656. The Morgan fingerprint density at radius 3 is 2.62 bits per heavy atom. The van der Waals surface area contributed by atoms with Crippen molar-refractivity contribution in [3.63, 3.8) is 0 Å². The molecule has 0 bridgehead atoms. The average Bonchev–Trinajstić information content (AvgIpc) is 2.61. The third-order valence-corrected chi connectivity index (χ3v) is 4.14. The van der Waals surface area contributed by atoms with E-state index >= 15 is 0 Å². The minimum absolute atomic E-state index is 0.578. The first-order chi connectivity index (χ1) is 11.8. The summed E-state index contributed by atoms with van der Waals surface area (Å²) in [5, 5.41) is 1.18. The van der Waals surface area contributed by atoms with Gasteiger partial charge in [0.05, 0.1) is 5.52 Å². The third-order valence-electron chi connectivity index (χ3n) is 4.14. The van der Waals surface area contributed by atoms with Crippen LogP contribution in [0.4, 0.5) is 0 Å². The number of nitrogens with two attached hydrogens (primary N) is 1. The number of hydrogen-bond donors (Lipinski definition) is 1. The molecule has 0 aliphatic heterocycles. The first kappa shape index (κ1) is 16.5. The normalized spacial score (nSPS) is 10.9. The van der Waals surface area contributed by atoms with Crippen LogP contribution in [0, 0.1) is 6.92 Å². The molecule has 2 N–H and O–H groups in total. The summed E-state index contributed by atoms with van der Waals surface area (Å²) in [6, 6.07) is 18.6. The van der Waals surface area contributed by atoms with Gasteiger partial charge in [-0.15, -0.1) is 0 Å². The Morgan fingerprint density at radius 1 is 1.00 bits per heavy atom. The predicted molar refractivity (Wildman–Crippen MR) is 99.2 cm³/mol. The Balaban J connectivity index is 1.82. The molecule has 0 unspecified atom stereocenters. The number of ether oxygens (including phenoxy) is 1. The van der Waals surface area contributed by atoms with Gasteiger partial charge < -0.3 is 10.5 Å². The lowest BCUT2D eigenvalue weighted by atomic mass is 10.0. The topological polar surface area (TPSA) is 48.1 Å². The molecule has 0 saturated heterocycles. The molecule has 0 aliphatic carbocycles. The van der Waals surface area contributed by atoms with Crippen molar-refractivity contribution in [2.45, 2.75) is 32.8 Å². The number of hydrogen-bond acceptors (Lipinski definition) is 3. The molecule has 3 heteroatoms. The number of aromatic nitrogens is 1. The van der Waals surface area contributed by atoms with Crippen molar-refractivity contribution in [3.8, 4) is 5.75 Å². The number of nitrogens with zero attached hydrogens (tertiary/aromatic N) is 1. The van der Waals surface area contributed by atoms with Gasteiger partial charge in [0, 0.05) is 11.1 Å². The van der Waals surface area contributed by atoms with Crippen molar-refractivity contribution in [2.75, 3.05) is 6.54 Å². The van der Waals surface area contributed by atoms with E-state index in [-0.39, 0.29) is 0 Å². The minimum Gasteiger partial charge on any atom is -0.489 e. The summed E-state index contributed by atoms with van der Waals surface area (Å²) in [6.45, 7) is 3.37. The second-order valence-corrected chi connectivity index (χ2v) is 6.12. The van der Waals surface area contributed by atoms with Gasteiger partial charge in [-0.2, -0.15) is 0 Å². The molecule has 124 valence electrons. The number of rotatable bonds is 7. The van der Waals surface area contributed by atoms with Gasteiger partial charge in [0.15, 0.2) is 0 Å². The molecule has 0 fully saturated rings. The van der Waals surface area contributed by atoms with E-state index in [1.807, 2.05) is 31.2 Å². The predicted octanol–water partition coefficient (Wildman–Crippen LogP) is 4.40. The second-order valence-electron chi connectivity index (χ2n) is 6.12. The van der Waals surface area contributed by atoms with E-state index < -0.39 is 0 Å². The highest BCUT2D eigenvalue weighted by Crippen LogP contribution is 2.25.